The van der Waals surface area contributed by atoms with Crippen LogP contribution in [0.4, 0.5) is 0 Å². The van der Waals surface area contributed by atoms with E-state index in [4.69, 9.17) is 4.74 Å². The summed E-state index contributed by atoms with van der Waals surface area (Å²) in [6.07, 6.45) is 2.55. The maximum atomic E-state index is 11.1. The molecule has 1 unspecified atom stereocenters. The summed E-state index contributed by atoms with van der Waals surface area (Å²) in [5, 5.41) is 4.16. The lowest BCUT2D eigenvalue weighted by Gasteiger charge is -2.04. The molecule has 0 radical (unpaired) electrons. The molecule has 1 aromatic rings. The summed E-state index contributed by atoms with van der Waals surface area (Å²) >= 11 is 0. The number of aryl methyl sites for hydroxylation is 1. The van der Waals surface area contributed by atoms with E-state index < -0.39 is 0 Å². The molecule has 1 fully saturated rings. The Hall–Kier alpha value is -1.32. The molecular weight excluding hydrogens is 156 g/mol. The van der Waals surface area contributed by atoms with Crippen LogP contribution in [0.5, 0.6) is 0 Å². The second kappa shape index (κ2) is 2.62. The van der Waals surface area contributed by atoms with Crippen LogP contribution in [0.2, 0.25) is 0 Å². The van der Waals surface area contributed by atoms with E-state index >= 15 is 0 Å². The van der Waals surface area contributed by atoms with Crippen LogP contribution in [0.25, 0.3) is 0 Å². The Morgan fingerprint density at radius 1 is 1.75 bits per heavy atom. The summed E-state index contributed by atoms with van der Waals surface area (Å²) in [5.74, 6) is -0.168. The molecule has 1 atom stereocenters. The van der Waals surface area contributed by atoms with Crippen LogP contribution < -0.4 is 0 Å². The number of rotatable bonds is 1. The molecule has 0 saturated carbocycles. The average molecular weight is 166 g/mol. The van der Waals surface area contributed by atoms with Gasteiger partial charge in [-0.05, 0) is 13.0 Å². The van der Waals surface area contributed by atoms with Crippen LogP contribution in [0.1, 0.15) is 18.2 Å². The fourth-order valence-electron chi connectivity index (χ4n) is 1.33. The summed E-state index contributed by atoms with van der Waals surface area (Å²) in [7, 11) is 0. The van der Waals surface area contributed by atoms with E-state index in [9.17, 15) is 4.79 Å². The van der Waals surface area contributed by atoms with Gasteiger partial charge in [0.05, 0.1) is 12.3 Å². The van der Waals surface area contributed by atoms with Crippen molar-refractivity contribution < 1.29 is 9.53 Å². The van der Waals surface area contributed by atoms with Crippen molar-refractivity contribution in [3.05, 3.63) is 18.0 Å². The number of esters is 1. The van der Waals surface area contributed by atoms with Gasteiger partial charge in [-0.3, -0.25) is 4.68 Å². The fraction of sp³-hybridized carbons (Fsp3) is 0.500. The molecule has 12 heavy (non-hydrogen) atoms. The normalized spacial score (nSPS) is 22.8. The Labute approximate surface area is 70.1 Å². The molecule has 0 amide bonds. The zero-order valence-corrected chi connectivity index (χ0v) is 6.86. The highest BCUT2D eigenvalue weighted by Gasteiger charge is 2.28. The molecule has 64 valence electrons. The van der Waals surface area contributed by atoms with Gasteiger partial charge in [0.1, 0.15) is 0 Å². The molecule has 4 nitrogen and oxygen atoms in total. The van der Waals surface area contributed by atoms with Crippen LogP contribution in [-0.4, -0.2) is 22.4 Å². The van der Waals surface area contributed by atoms with Crippen LogP contribution in [0.15, 0.2) is 12.3 Å². The molecule has 4 heteroatoms. The summed E-state index contributed by atoms with van der Waals surface area (Å²) in [4.78, 5) is 11.1. The van der Waals surface area contributed by atoms with Gasteiger partial charge in [0.25, 0.3) is 0 Å². The molecule has 0 bridgehead atoms. The predicted octanol–water partition coefficient (Wildman–Crippen LogP) is 0.680. The van der Waals surface area contributed by atoms with Gasteiger partial charge >= 0.3 is 5.97 Å². The maximum absolute atomic E-state index is 11.1. The number of ether oxygens (including phenoxy) is 1. The average Bonchev–Trinajstić information content (AvgIpc) is 2.58. The van der Waals surface area contributed by atoms with Gasteiger partial charge in [0, 0.05) is 12.6 Å². The lowest BCUT2D eigenvalue weighted by molar-refractivity contribution is -0.140. The van der Waals surface area contributed by atoms with E-state index in [2.05, 4.69) is 5.10 Å². The Balaban J connectivity index is 2.24. The number of carbonyl (C=O) groups excluding carboxylic acids is 1. The Kier molecular flexibility index (Phi) is 1.60. The number of hydrogen-bond donors (Lipinski definition) is 0. The number of cyclic esters (lactones) is 1. The molecule has 1 saturated heterocycles. The van der Waals surface area contributed by atoms with Gasteiger partial charge in [0.2, 0.25) is 0 Å². The van der Waals surface area contributed by atoms with Gasteiger partial charge < -0.3 is 4.74 Å². The lowest BCUT2D eigenvalue weighted by Crippen LogP contribution is -2.14. The molecule has 2 heterocycles. The monoisotopic (exact) mass is 166 g/mol. The van der Waals surface area contributed by atoms with Crippen LogP contribution >= 0.6 is 0 Å². The zero-order chi connectivity index (χ0) is 8.55. The highest BCUT2D eigenvalue weighted by atomic mass is 16.5. The topological polar surface area (TPSA) is 44.1 Å². The first kappa shape index (κ1) is 7.34. The highest BCUT2D eigenvalue weighted by Crippen LogP contribution is 2.19. The first-order valence-electron chi connectivity index (χ1n) is 3.96. The molecule has 0 spiro atoms. The number of carbonyl (C=O) groups is 1. The first-order valence-corrected chi connectivity index (χ1v) is 3.96. The largest absolute Gasteiger partial charge is 0.464 e. The van der Waals surface area contributed by atoms with E-state index in [0.717, 1.165) is 12.1 Å². The van der Waals surface area contributed by atoms with Gasteiger partial charge in [-0.25, -0.2) is 4.79 Å². The van der Waals surface area contributed by atoms with E-state index in [-0.39, 0.29) is 12.0 Å². The maximum Gasteiger partial charge on any atom is 0.331 e. The van der Waals surface area contributed by atoms with Crippen molar-refractivity contribution in [2.75, 3.05) is 6.61 Å². The standard InChI is InChI=1S/C8H10N2O2/c1-6-2-4-10(9-6)7-3-5-12-8(7)11/h2,4,7H,3,5H2,1H3. The second-order valence-electron chi connectivity index (χ2n) is 2.91. The summed E-state index contributed by atoms with van der Waals surface area (Å²) in [5.41, 5.74) is 0.926. The van der Waals surface area contributed by atoms with E-state index in [1.807, 2.05) is 19.2 Å². The Morgan fingerprint density at radius 2 is 2.58 bits per heavy atom. The third kappa shape index (κ3) is 1.09. The number of nitrogens with zero attached hydrogens (tertiary/aromatic N) is 2. The predicted molar refractivity (Wildman–Crippen MR) is 41.6 cm³/mol. The minimum atomic E-state index is -0.196. The number of aromatic nitrogens is 2. The minimum absolute atomic E-state index is 0.168. The molecular formula is C8H10N2O2. The molecule has 0 aliphatic carbocycles. The summed E-state index contributed by atoms with van der Waals surface area (Å²) in [6, 6.07) is 1.68. The van der Waals surface area contributed by atoms with E-state index in [1.165, 1.54) is 0 Å². The van der Waals surface area contributed by atoms with Crippen LogP contribution in [0, 0.1) is 6.92 Å². The van der Waals surface area contributed by atoms with Crippen LogP contribution in [0.3, 0.4) is 0 Å². The van der Waals surface area contributed by atoms with Crippen molar-refractivity contribution >= 4 is 5.97 Å². The highest BCUT2D eigenvalue weighted by molar-refractivity contribution is 5.75. The number of hydrogen-bond acceptors (Lipinski definition) is 3. The molecule has 1 aliphatic heterocycles. The van der Waals surface area contributed by atoms with E-state index in [1.54, 1.807) is 4.68 Å². The first-order chi connectivity index (χ1) is 5.77. The molecule has 2 rings (SSSR count). The minimum Gasteiger partial charge on any atom is -0.464 e. The Morgan fingerprint density at radius 3 is 3.08 bits per heavy atom. The SMILES string of the molecule is Cc1ccn(C2CCOC2=O)n1. The van der Waals surface area contributed by atoms with Gasteiger partial charge in [0.15, 0.2) is 6.04 Å². The van der Waals surface area contributed by atoms with Crippen LogP contribution in [-0.2, 0) is 9.53 Å². The zero-order valence-electron chi connectivity index (χ0n) is 6.86. The molecule has 0 aromatic carbocycles. The van der Waals surface area contributed by atoms with E-state index in [0.29, 0.717) is 6.61 Å². The Bertz CT molecular complexity index is 306. The molecule has 0 N–H and O–H groups in total. The van der Waals surface area contributed by atoms with Gasteiger partial charge in [-0.2, -0.15) is 5.10 Å². The molecule has 1 aromatic heterocycles. The van der Waals surface area contributed by atoms with Crippen molar-refractivity contribution in [1.82, 2.24) is 9.78 Å². The van der Waals surface area contributed by atoms with Gasteiger partial charge in [-0.1, -0.05) is 0 Å². The van der Waals surface area contributed by atoms with Crippen molar-refractivity contribution in [3.63, 3.8) is 0 Å². The fourth-order valence-corrected chi connectivity index (χ4v) is 1.33. The summed E-state index contributed by atoms with van der Waals surface area (Å²) in [6.45, 7) is 2.42. The third-order valence-corrected chi connectivity index (χ3v) is 1.97. The smallest absolute Gasteiger partial charge is 0.331 e. The van der Waals surface area contributed by atoms with Crippen molar-refractivity contribution in [2.24, 2.45) is 0 Å². The summed E-state index contributed by atoms with van der Waals surface area (Å²) < 4.78 is 6.50. The van der Waals surface area contributed by atoms with Gasteiger partial charge in [-0.15, -0.1) is 0 Å². The molecule has 1 aliphatic rings. The van der Waals surface area contributed by atoms with Crippen molar-refractivity contribution in [1.29, 1.82) is 0 Å². The quantitative estimate of drug-likeness (QED) is 0.576. The van der Waals surface area contributed by atoms with Crippen molar-refractivity contribution in [2.45, 2.75) is 19.4 Å². The second-order valence-corrected chi connectivity index (χ2v) is 2.91. The third-order valence-electron chi connectivity index (χ3n) is 1.97. The van der Waals surface area contributed by atoms with Crippen molar-refractivity contribution in [3.8, 4) is 0 Å². The lowest BCUT2D eigenvalue weighted by atomic mass is 10.3.